The molecule has 0 spiro atoms. The molecule has 0 radical (unpaired) electrons. The van der Waals surface area contributed by atoms with Crippen LogP contribution in [0, 0.1) is 11.7 Å². The Balaban J connectivity index is 1.98. The molecule has 1 aromatic carbocycles. The minimum Gasteiger partial charge on any atom is -0.492 e. The summed E-state index contributed by atoms with van der Waals surface area (Å²) in [4.78, 5) is 25.3. The van der Waals surface area contributed by atoms with E-state index in [0.717, 1.165) is 12.3 Å². The molecule has 11 heteroatoms. The highest BCUT2D eigenvalue weighted by atomic mass is 19.1. The topological polar surface area (TPSA) is 107 Å². The molecule has 2 heterocycles. The van der Waals surface area contributed by atoms with Crippen LogP contribution in [0.5, 0.6) is 11.5 Å². The second-order valence-corrected chi connectivity index (χ2v) is 8.29. The third kappa shape index (κ3) is 3.46. The Bertz CT molecular complexity index is 1120. The number of fused-ring (bicyclic) bond motifs is 1. The van der Waals surface area contributed by atoms with Crippen molar-refractivity contribution in [2.24, 2.45) is 11.7 Å². The van der Waals surface area contributed by atoms with Crippen LogP contribution in [0.25, 0.3) is 10.9 Å². The molecule has 2 unspecified atom stereocenters. The second-order valence-electron chi connectivity index (χ2n) is 8.29. The number of methoxy groups -OCH3 is 1. The largest absolute Gasteiger partial charge is 0.511 e. The van der Waals surface area contributed by atoms with Gasteiger partial charge in [-0.1, -0.05) is 0 Å². The van der Waals surface area contributed by atoms with Crippen molar-refractivity contribution in [2.75, 3.05) is 31.8 Å². The van der Waals surface area contributed by atoms with Crippen molar-refractivity contribution in [2.45, 2.75) is 31.1 Å². The standard InChI is InChI=1S/C20H22F3N3O5/c1-20(24)8-25(6-9(20)5-21)16-12(23)3-10-15(18(16)30-2)26(13-4-11(13)22)7-14(17(10)27)31-19(28)29/h3,7,9,11,13H,4-6,8,24H2,1-2H3,(H,28,29)/t9?,11-,13+,20?/m0/s1. The van der Waals surface area contributed by atoms with Gasteiger partial charge in [0, 0.05) is 31.0 Å². The van der Waals surface area contributed by atoms with Crippen LogP contribution in [-0.2, 0) is 0 Å². The number of anilines is 1. The third-order valence-corrected chi connectivity index (χ3v) is 6.01. The summed E-state index contributed by atoms with van der Waals surface area (Å²) >= 11 is 0. The van der Waals surface area contributed by atoms with E-state index in [1.54, 1.807) is 11.8 Å². The summed E-state index contributed by atoms with van der Waals surface area (Å²) in [7, 11) is 1.28. The Labute approximate surface area is 174 Å². The molecule has 1 saturated carbocycles. The van der Waals surface area contributed by atoms with Crippen molar-refractivity contribution in [3.63, 3.8) is 0 Å². The van der Waals surface area contributed by atoms with E-state index in [9.17, 15) is 18.4 Å². The van der Waals surface area contributed by atoms with E-state index in [-0.39, 0.29) is 41.9 Å². The summed E-state index contributed by atoms with van der Waals surface area (Å²) in [6.45, 7) is 1.25. The first-order valence-corrected chi connectivity index (χ1v) is 9.69. The van der Waals surface area contributed by atoms with Crippen molar-refractivity contribution >= 4 is 22.7 Å². The van der Waals surface area contributed by atoms with E-state index in [1.165, 1.54) is 11.7 Å². The van der Waals surface area contributed by atoms with E-state index in [0.29, 0.717) is 0 Å². The molecule has 1 aliphatic heterocycles. The number of hydrogen-bond acceptors (Lipinski definition) is 6. The number of nitrogens with zero attached hydrogens (tertiary/aromatic N) is 2. The normalized spacial score (nSPS) is 27.5. The summed E-state index contributed by atoms with van der Waals surface area (Å²) in [6, 6.07) is 0.246. The summed E-state index contributed by atoms with van der Waals surface area (Å²) in [5.74, 6) is -1.98. The van der Waals surface area contributed by atoms with Gasteiger partial charge in [0.25, 0.3) is 0 Å². The SMILES string of the molecule is COc1c(N2CC(CF)C(C)(N)C2)c(F)cc2c(=O)c(OC(=O)O)cn([C@@H]3C[C@@H]3F)c12. The van der Waals surface area contributed by atoms with E-state index < -0.39 is 53.5 Å². The van der Waals surface area contributed by atoms with Crippen molar-refractivity contribution in [1.29, 1.82) is 0 Å². The van der Waals surface area contributed by atoms with E-state index in [2.05, 4.69) is 4.74 Å². The molecule has 4 rings (SSSR count). The van der Waals surface area contributed by atoms with Crippen LogP contribution in [0.3, 0.4) is 0 Å². The fourth-order valence-electron chi connectivity index (χ4n) is 4.25. The molecule has 1 aliphatic carbocycles. The highest BCUT2D eigenvalue weighted by Crippen LogP contribution is 2.46. The van der Waals surface area contributed by atoms with Gasteiger partial charge in [-0.05, 0) is 13.0 Å². The summed E-state index contributed by atoms with van der Waals surface area (Å²) in [5, 5.41) is 8.69. The van der Waals surface area contributed by atoms with Gasteiger partial charge in [-0.2, -0.15) is 0 Å². The Morgan fingerprint density at radius 2 is 2.13 bits per heavy atom. The smallest absolute Gasteiger partial charge is 0.492 e. The highest BCUT2D eigenvalue weighted by molar-refractivity contribution is 5.92. The molecule has 2 aromatic rings. The van der Waals surface area contributed by atoms with Crippen LogP contribution in [0.15, 0.2) is 17.1 Å². The number of ether oxygens (including phenoxy) is 2. The van der Waals surface area contributed by atoms with Crippen LogP contribution in [-0.4, -0.2) is 54.4 Å². The van der Waals surface area contributed by atoms with Crippen molar-refractivity contribution in [3.8, 4) is 11.5 Å². The lowest BCUT2D eigenvalue weighted by Gasteiger charge is -2.26. The quantitative estimate of drug-likeness (QED) is 0.687. The summed E-state index contributed by atoms with van der Waals surface area (Å²) in [6.07, 6.45) is -1.73. The Kier molecular flexibility index (Phi) is 5.03. The van der Waals surface area contributed by atoms with Crippen molar-refractivity contribution in [1.82, 2.24) is 4.57 Å². The first kappa shape index (κ1) is 21.3. The van der Waals surface area contributed by atoms with Gasteiger partial charge in [-0.15, -0.1) is 0 Å². The zero-order valence-electron chi connectivity index (χ0n) is 16.9. The number of nitrogens with two attached hydrogens (primary N) is 1. The number of carbonyl (C=O) groups is 1. The first-order chi connectivity index (χ1) is 14.6. The Morgan fingerprint density at radius 1 is 1.45 bits per heavy atom. The molecular formula is C20H22F3N3O5. The van der Waals surface area contributed by atoms with Crippen LogP contribution >= 0.6 is 0 Å². The van der Waals surface area contributed by atoms with Gasteiger partial charge in [0.2, 0.25) is 5.43 Å². The minimum absolute atomic E-state index is 0.0151. The molecule has 1 aromatic heterocycles. The zero-order valence-corrected chi connectivity index (χ0v) is 16.9. The third-order valence-electron chi connectivity index (χ3n) is 6.01. The van der Waals surface area contributed by atoms with Crippen LogP contribution in [0.1, 0.15) is 19.4 Å². The predicted molar refractivity (Wildman–Crippen MR) is 106 cm³/mol. The van der Waals surface area contributed by atoms with Crippen molar-refractivity contribution in [3.05, 3.63) is 28.3 Å². The van der Waals surface area contributed by atoms with E-state index in [4.69, 9.17) is 15.6 Å². The lowest BCUT2D eigenvalue weighted by molar-refractivity contribution is 0.143. The Morgan fingerprint density at radius 3 is 2.65 bits per heavy atom. The van der Waals surface area contributed by atoms with Gasteiger partial charge < -0.3 is 29.8 Å². The number of rotatable bonds is 5. The summed E-state index contributed by atoms with van der Waals surface area (Å²) < 4.78 is 54.0. The maximum atomic E-state index is 15.3. The molecule has 1 saturated heterocycles. The monoisotopic (exact) mass is 441 g/mol. The van der Waals surface area contributed by atoms with Crippen LogP contribution in [0.2, 0.25) is 0 Å². The van der Waals surface area contributed by atoms with Gasteiger partial charge in [-0.3, -0.25) is 9.18 Å². The molecule has 0 bridgehead atoms. The second kappa shape index (κ2) is 7.33. The fraction of sp³-hybridized carbons (Fsp3) is 0.500. The predicted octanol–water partition coefficient (Wildman–Crippen LogP) is 2.61. The summed E-state index contributed by atoms with van der Waals surface area (Å²) in [5.41, 5.74) is 4.49. The molecule has 2 aliphatic rings. The van der Waals surface area contributed by atoms with Gasteiger partial charge in [0.05, 0.1) is 36.9 Å². The first-order valence-electron chi connectivity index (χ1n) is 9.69. The van der Waals surface area contributed by atoms with Crippen molar-refractivity contribution < 1.29 is 32.5 Å². The number of pyridine rings is 1. The lowest BCUT2D eigenvalue weighted by atomic mass is 9.92. The molecule has 0 amide bonds. The maximum absolute atomic E-state index is 15.3. The lowest BCUT2D eigenvalue weighted by Crippen LogP contribution is -2.45. The van der Waals surface area contributed by atoms with Gasteiger partial charge in [-0.25, -0.2) is 13.6 Å². The molecule has 31 heavy (non-hydrogen) atoms. The number of alkyl halides is 2. The van der Waals surface area contributed by atoms with Crippen LogP contribution < -0.4 is 25.5 Å². The molecule has 2 fully saturated rings. The molecular weight excluding hydrogens is 419 g/mol. The highest BCUT2D eigenvalue weighted by Gasteiger charge is 2.44. The average molecular weight is 441 g/mol. The average Bonchev–Trinajstić information content (AvgIpc) is 3.33. The van der Waals surface area contributed by atoms with E-state index in [1.807, 2.05) is 0 Å². The number of benzene rings is 1. The molecule has 3 N–H and O–H groups in total. The molecule has 4 atom stereocenters. The Hall–Kier alpha value is -2.95. The van der Waals surface area contributed by atoms with Gasteiger partial charge in [0.1, 0.15) is 11.9 Å². The maximum Gasteiger partial charge on any atom is 0.511 e. The number of halogens is 3. The molecule has 168 valence electrons. The fourth-order valence-corrected chi connectivity index (χ4v) is 4.25. The minimum atomic E-state index is -1.73. The van der Waals surface area contributed by atoms with E-state index >= 15 is 4.39 Å². The van der Waals surface area contributed by atoms with Gasteiger partial charge in [0.15, 0.2) is 17.3 Å². The molecule has 8 nitrogen and oxygen atoms in total. The van der Waals surface area contributed by atoms with Gasteiger partial charge >= 0.3 is 6.16 Å². The number of hydrogen-bond donors (Lipinski definition) is 2. The zero-order chi connectivity index (χ0) is 22.7. The number of aromatic nitrogens is 1. The number of carboxylic acid groups (broad SMARTS) is 1. The van der Waals surface area contributed by atoms with Crippen LogP contribution in [0.4, 0.5) is 23.7 Å².